The normalized spacial score (nSPS) is 32.5. The largest absolute Gasteiger partial charge is 0.371 e. The molecule has 0 radical (unpaired) electrons. The summed E-state index contributed by atoms with van der Waals surface area (Å²) in [5, 5.41) is 11.8. The third kappa shape index (κ3) is 3.53. The maximum Gasteiger partial charge on any atom is 0.251 e. The van der Waals surface area contributed by atoms with Gasteiger partial charge in [0.05, 0.1) is 24.9 Å². The van der Waals surface area contributed by atoms with E-state index < -0.39 is 0 Å². The second-order valence-corrected chi connectivity index (χ2v) is 8.44. The predicted octanol–water partition coefficient (Wildman–Crippen LogP) is 2.11. The zero-order chi connectivity index (χ0) is 18.9. The third-order valence-electron chi connectivity index (χ3n) is 6.50. The first-order valence-electron chi connectivity index (χ1n) is 10.6. The topological polar surface area (TPSA) is 78.3 Å². The SMILES string of the molecule is O=C(N[C@H]1CO[C@H]2[C@@H]1OC[C@@H]2n1cc(CC2CCCCC2)nn1)C1=CCC=C1. The molecule has 3 fully saturated rings. The number of nitrogens with one attached hydrogen (secondary N) is 1. The van der Waals surface area contributed by atoms with Crippen molar-refractivity contribution in [3.63, 3.8) is 0 Å². The molecule has 4 atom stereocenters. The predicted molar refractivity (Wildman–Crippen MR) is 103 cm³/mol. The van der Waals surface area contributed by atoms with Crippen molar-refractivity contribution in [2.45, 2.75) is 69.2 Å². The molecule has 4 aliphatic rings. The zero-order valence-electron chi connectivity index (χ0n) is 16.1. The van der Waals surface area contributed by atoms with Gasteiger partial charge in [-0.05, 0) is 18.8 Å². The van der Waals surface area contributed by atoms with Gasteiger partial charge in [-0.2, -0.15) is 0 Å². The Bertz CT molecular complexity index is 780. The fourth-order valence-electron chi connectivity index (χ4n) is 4.96. The number of rotatable bonds is 5. The lowest BCUT2D eigenvalue weighted by Crippen LogP contribution is -2.44. The lowest BCUT2D eigenvalue weighted by atomic mass is 9.86. The van der Waals surface area contributed by atoms with Gasteiger partial charge in [0, 0.05) is 11.8 Å². The Morgan fingerprint density at radius 2 is 2.04 bits per heavy atom. The standard InChI is InChI=1S/C21H28N4O3/c26-21(15-8-4-5-9-15)22-17-12-27-20-18(13-28-19(17)20)25-11-16(23-24-25)10-14-6-2-1-3-7-14/h4,8-9,11,14,17-20H,1-3,5-7,10,12-13H2,(H,22,26)/t17-,18-,19+,20+/m0/s1. The molecule has 1 saturated carbocycles. The Morgan fingerprint density at radius 1 is 1.18 bits per heavy atom. The van der Waals surface area contributed by atoms with Crippen molar-refractivity contribution in [1.29, 1.82) is 0 Å². The van der Waals surface area contributed by atoms with E-state index in [1.807, 2.05) is 22.9 Å². The first-order chi connectivity index (χ1) is 13.8. The number of allylic oxidation sites excluding steroid dienone is 2. The molecule has 1 aromatic heterocycles. The molecule has 2 aliphatic heterocycles. The van der Waals surface area contributed by atoms with Gasteiger partial charge in [-0.15, -0.1) is 5.10 Å². The molecule has 7 nitrogen and oxygen atoms in total. The molecule has 5 rings (SSSR count). The Labute approximate surface area is 165 Å². The highest BCUT2D eigenvalue weighted by molar-refractivity contribution is 5.97. The summed E-state index contributed by atoms with van der Waals surface area (Å²) in [6.45, 7) is 1.01. The van der Waals surface area contributed by atoms with Gasteiger partial charge in [0.15, 0.2) is 0 Å². The van der Waals surface area contributed by atoms with Crippen molar-refractivity contribution in [3.05, 3.63) is 35.7 Å². The van der Waals surface area contributed by atoms with Crippen molar-refractivity contribution in [1.82, 2.24) is 20.3 Å². The van der Waals surface area contributed by atoms with Crippen molar-refractivity contribution in [2.24, 2.45) is 5.92 Å². The van der Waals surface area contributed by atoms with Gasteiger partial charge in [0.1, 0.15) is 18.2 Å². The van der Waals surface area contributed by atoms with Crippen LogP contribution in [0.4, 0.5) is 0 Å². The van der Waals surface area contributed by atoms with E-state index in [9.17, 15) is 4.79 Å². The number of fused-ring (bicyclic) bond motifs is 1. The van der Waals surface area contributed by atoms with E-state index in [1.54, 1.807) is 0 Å². The highest BCUT2D eigenvalue weighted by Crippen LogP contribution is 2.34. The number of carbonyl (C=O) groups excluding carboxylic acids is 1. The summed E-state index contributed by atoms with van der Waals surface area (Å²) in [5.74, 6) is 0.693. The second kappa shape index (κ2) is 7.79. The summed E-state index contributed by atoms with van der Waals surface area (Å²) in [4.78, 5) is 12.4. The summed E-state index contributed by atoms with van der Waals surface area (Å²) in [7, 11) is 0. The Hall–Kier alpha value is -1.99. The van der Waals surface area contributed by atoms with Gasteiger partial charge < -0.3 is 14.8 Å². The van der Waals surface area contributed by atoms with E-state index in [2.05, 4.69) is 21.8 Å². The maximum atomic E-state index is 12.4. The van der Waals surface area contributed by atoms with Gasteiger partial charge in [-0.25, -0.2) is 4.68 Å². The van der Waals surface area contributed by atoms with Crippen LogP contribution in [-0.2, 0) is 20.7 Å². The lowest BCUT2D eigenvalue weighted by molar-refractivity contribution is -0.118. The molecule has 1 amide bonds. The molecular weight excluding hydrogens is 356 g/mol. The van der Waals surface area contributed by atoms with Crippen LogP contribution in [0.1, 0.15) is 50.3 Å². The first-order valence-corrected chi connectivity index (χ1v) is 10.6. The highest BCUT2D eigenvalue weighted by Gasteiger charge is 2.49. The van der Waals surface area contributed by atoms with Crippen LogP contribution in [0, 0.1) is 5.92 Å². The van der Waals surface area contributed by atoms with E-state index in [4.69, 9.17) is 9.47 Å². The summed E-state index contributed by atoms with van der Waals surface area (Å²) in [5.41, 5.74) is 1.79. The van der Waals surface area contributed by atoms with Crippen LogP contribution in [0.2, 0.25) is 0 Å². The molecule has 1 aromatic rings. The number of nitrogens with zero attached hydrogens (tertiary/aromatic N) is 3. The molecule has 28 heavy (non-hydrogen) atoms. The average molecular weight is 384 g/mol. The minimum atomic E-state index is -0.133. The Morgan fingerprint density at radius 3 is 2.86 bits per heavy atom. The van der Waals surface area contributed by atoms with Crippen LogP contribution in [-0.4, -0.2) is 52.4 Å². The number of ether oxygens (including phenoxy) is 2. The smallest absolute Gasteiger partial charge is 0.251 e. The first kappa shape index (κ1) is 18.1. The van der Waals surface area contributed by atoms with E-state index in [0.29, 0.717) is 13.2 Å². The van der Waals surface area contributed by atoms with Crippen molar-refractivity contribution < 1.29 is 14.3 Å². The van der Waals surface area contributed by atoms with Crippen molar-refractivity contribution in [2.75, 3.05) is 13.2 Å². The molecule has 2 aliphatic carbocycles. The Balaban J connectivity index is 1.20. The second-order valence-electron chi connectivity index (χ2n) is 8.44. The number of amides is 1. The maximum absolute atomic E-state index is 12.4. The van der Waals surface area contributed by atoms with E-state index in [-0.39, 0.29) is 30.2 Å². The van der Waals surface area contributed by atoms with Crippen LogP contribution < -0.4 is 5.32 Å². The van der Waals surface area contributed by atoms with Gasteiger partial charge in [0.25, 0.3) is 5.91 Å². The summed E-state index contributed by atoms with van der Waals surface area (Å²) >= 11 is 0. The lowest BCUT2D eigenvalue weighted by Gasteiger charge is -2.20. The number of hydrogen-bond acceptors (Lipinski definition) is 5. The minimum Gasteiger partial charge on any atom is -0.371 e. The van der Waals surface area contributed by atoms with Crippen molar-refractivity contribution >= 4 is 5.91 Å². The number of aromatic nitrogens is 3. The molecule has 0 bridgehead atoms. The molecule has 2 saturated heterocycles. The molecule has 0 spiro atoms. The molecule has 1 N–H and O–H groups in total. The molecule has 150 valence electrons. The summed E-state index contributed by atoms with van der Waals surface area (Å²) in [6, 6.07) is -0.104. The Kier molecular flexibility index (Phi) is 5.03. The van der Waals surface area contributed by atoms with Crippen LogP contribution in [0.5, 0.6) is 0 Å². The van der Waals surface area contributed by atoms with E-state index in [1.165, 1.54) is 32.1 Å². The van der Waals surface area contributed by atoms with E-state index >= 15 is 0 Å². The molecule has 0 aromatic carbocycles. The average Bonchev–Trinajstić information content (AvgIpc) is 3.49. The molecule has 7 heteroatoms. The fourth-order valence-corrected chi connectivity index (χ4v) is 4.96. The minimum absolute atomic E-state index is 0.0186. The van der Waals surface area contributed by atoms with E-state index in [0.717, 1.165) is 30.0 Å². The van der Waals surface area contributed by atoms with Crippen LogP contribution in [0.25, 0.3) is 0 Å². The van der Waals surface area contributed by atoms with Crippen LogP contribution >= 0.6 is 0 Å². The van der Waals surface area contributed by atoms with Gasteiger partial charge in [0.2, 0.25) is 0 Å². The van der Waals surface area contributed by atoms with Crippen molar-refractivity contribution in [3.8, 4) is 0 Å². The highest BCUT2D eigenvalue weighted by atomic mass is 16.6. The molecule has 0 unspecified atom stereocenters. The van der Waals surface area contributed by atoms with Gasteiger partial charge in [-0.1, -0.05) is 55.5 Å². The number of carbonyl (C=O) groups is 1. The third-order valence-corrected chi connectivity index (χ3v) is 6.50. The fraction of sp³-hybridized carbons (Fsp3) is 0.667. The number of hydrogen-bond donors (Lipinski definition) is 1. The van der Waals surface area contributed by atoms with Gasteiger partial charge in [-0.3, -0.25) is 4.79 Å². The zero-order valence-corrected chi connectivity index (χ0v) is 16.1. The van der Waals surface area contributed by atoms with Gasteiger partial charge >= 0.3 is 0 Å². The van der Waals surface area contributed by atoms with Crippen LogP contribution in [0.3, 0.4) is 0 Å². The quantitative estimate of drug-likeness (QED) is 0.841. The summed E-state index contributed by atoms with van der Waals surface area (Å²) < 4.78 is 13.9. The monoisotopic (exact) mass is 384 g/mol. The summed E-state index contributed by atoms with van der Waals surface area (Å²) in [6.07, 6.45) is 16.1. The molecule has 3 heterocycles. The van der Waals surface area contributed by atoms with Crippen LogP contribution in [0.15, 0.2) is 30.0 Å². The molecular formula is C21H28N4O3.